The van der Waals surface area contributed by atoms with Gasteiger partial charge in [0.2, 0.25) is 11.3 Å². The van der Waals surface area contributed by atoms with E-state index in [0.29, 0.717) is 0 Å². The Hall–Kier alpha value is -0.890. The van der Waals surface area contributed by atoms with Crippen molar-refractivity contribution in [3.8, 4) is 0 Å². The van der Waals surface area contributed by atoms with Crippen molar-refractivity contribution in [3.63, 3.8) is 0 Å². The summed E-state index contributed by atoms with van der Waals surface area (Å²) in [4.78, 5) is 0. The van der Waals surface area contributed by atoms with Gasteiger partial charge in [-0.15, -0.1) is 0 Å². The maximum atomic E-state index is 13.3. The first-order valence-corrected chi connectivity index (χ1v) is 5.37. The first-order chi connectivity index (χ1) is 8.51. The fourth-order valence-electron chi connectivity index (χ4n) is 1.45. The summed E-state index contributed by atoms with van der Waals surface area (Å²) in [5.41, 5.74) is -7.90. The van der Waals surface area contributed by atoms with Gasteiger partial charge in [0.05, 0.1) is 5.83 Å². The Balaban J connectivity index is 5.18. The minimum atomic E-state index is -5.41. The molecule has 0 N–H and O–H groups in total. The molecule has 0 fully saturated rings. The molecule has 0 aromatic rings. The van der Waals surface area contributed by atoms with Crippen LogP contribution in [-0.4, -0.2) is 23.7 Å². The van der Waals surface area contributed by atoms with E-state index in [-0.39, 0.29) is 13.8 Å². The van der Waals surface area contributed by atoms with Gasteiger partial charge in [-0.05, 0) is 26.7 Å². The molecule has 0 nitrogen and oxygen atoms in total. The molecule has 2 unspecified atom stereocenters. The second kappa shape index (κ2) is 5.48. The lowest BCUT2D eigenvalue weighted by Crippen LogP contribution is -2.43. The van der Waals surface area contributed by atoms with Crippen LogP contribution in [-0.2, 0) is 0 Å². The smallest absolute Gasteiger partial charge is 0.234 e. The average molecular weight is 316 g/mol. The third kappa shape index (κ3) is 4.59. The molecular formula is C11H13F9. The highest BCUT2D eigenvalue weighted by molar-refractivity contribution is 5.00. The zero-order chi connectivity index (χ0) is 16.6. The van der Waals surface area contributed by atoms with E-state index in [4.69, 9.17) is 0 Å². The molecule has 0 radical (unpaired) electrons. The van der Waals surface area contributed by atoms with Crippen molar-refractivity contribution in [3.05, 3.63) is 12.4 Å². The Kier molecular flexibility index (Phi) is 5.23. The minimum Gasteiger partial charge on any atom is -0.234 e. The molecule has 20 heavy (non-hydrogen) atoms. The standard InChI is InChI=1S/C11H13F9/c1-6(12)7(4-8(2,13)10(15,16)17)5-9(3,14)11(18,19)20/h7H,1,4-5H2,2-3H3. The monoisotopic (exact) mass is 316 g/mol. The Labute approximate surface area is 109 Å². The van der Waals surface area contributed by atoms with E-state index in [1.54, 1.807) is 0 Å². The highest BCUT2D eigenvalue weighted by atomic mass is 19.4. The molecule has 0 saturated heterocycles. The molecule has 0 spiro atoms. The van der Waals surface area contributed by atoms with Gasteiger partial charge in [0.25, 0.3) is 0 Å². The van der Waals surface area contributed by atoms with Crippen LogP contribution in [0.3, 0.4) is 0 Å². The third-order valence-corrected chi connectivity index (χ3v) is 2.88. The number of allylic oxidation sites excluding steroid dienone is 1. The van der Waals surface area contributed by atoms with Crippen molar-refractivity contribution >= 4 is 0 Å². The molecule has 0 aliphatic rings. The second-order valence-electron chi connectivity index (χ2n) is 4.94. The van der Waals surface area contributed by atoms with Gasteiger partial charge >= 0.3 is 12.4 Å². The first-order valence-electron chi connectivity index (χ1n) is 5.37. The first kappa shape index (κ1) is 19.1. The summed E-state index contributed by atoms with van der Waals surface area (Å²) in [6, 6.07) is 0. The van der Waals surface area contributed by atoms with Gasteiger partial charge in [0.15, 0.2) is 0 Å². The van der Waals surface area contributed by atoms with E-state index in [1.165, 1.54) is 0 Å². The lowest BCUT2D eigenvalue weighted by molar-refractivity contribution is -0.240. The molecule has 9 heteroatoms. The number of hydrogen-bond donors (Lipinski definition) is 0. The number of rotatable bonds is 5. The van der Waals surface area contributed by atoms with Crippen LogP contribution in [0.5, 0.6) is 0 Å². The lowest BCUT2D eigenvalue weighted by atomic mass is 9.84. The van der Waals surface area contributed by atoms with Crippen molar-refractivity contribution in [2.45, 2.75) is 50.4 Å². The Morgan fingerprint density at radius 1 is 0.800 bits per heavy atom. The molecule has 0 heterocycles. The predicted molar refractivity (Wildman–Crippen MR) is 54.1 cm³/mol. The van der Waals surface area contributed by atoms with Crippen LogP contribution in [0.1, 0.15) is 26.7 Å². The SMILES string of the molecule is C=C(F)C(CC(C)(F)C(F)(F)F)CC(C)(F)C(F)(F)F. The van der Waals surface area contributed by atoms with Crippen LogP contribution >= 0.6 is 0 Å². The Morgan fingerprint density at radius 3 is 1.20 bits per heavy atom. The van der Waals surface area contributed by atoms with Crippen LogP contribution < -0.4 is 0 Å². The molecular weight excluding hydrogens is 303 g/mol. The van der Waals surface area contributed by atoms with E-state index < -0.39 is 48.3 Å². The maximum absolute atomic E-state index is 13.3. The van der Waals surface area contributed by atoms with Crippen LogP contribution in [0.25, 0.3) is 0 Å². The third-order valence-electron chi connectivity index (χ3n) is 2.88. The van der Waals surface area contributed by atoms with Gasteiger partial charge < -0.3 is 0 Å². The van der Waals surface area contributed by atoms with Crippen LogP contribution in [0.2, 0.25) is 0 Å². The van der Waals surface area contributed by atoms with Crippen LogP contribution in [0.4, 0.5) is 39.5 Å². The Morgan fingerprint density at radius 2 is 1.05 bits per heavy atom. The van der Waals surface area contributed by atoms with Crippen molar-refractivity contribution in [2.24, 2.45) is 5.92 Å². The van der Waals surface area contributed by atoms with Crippen LogP contribution in [0.15, 0.2) is 12.4 Å². The van der Waals surface area contributed by atoms with Gasteiger partial charge in [-0.25, -0.2) is 13.2 Å². The van der Waals surface area contributed by atoms with Gasteiger partial charge in [0, 0.05) is 5.92 Å². The van der Waals surface area contributed by atoms with E-state index in [9.17, 15) is 39.5 Å². The Bertz CT molecular complexity index is 320. The zero-order valence-electron chi connectivity index (χ0n) is 10.6. The van der Waals surface area contributed by atoms with Crippen molar-refractivity contribution in [1.29, 1.82) is 0 Å². The van der Waals surface area contributed by atoms with Crippen molar-refractivity contribution in [2.75, 3.05) is 0 Å². The van der Waals surface area contributed by atoms with Gasteiger partial charge in [0.1, 0.15) is 0 Å². The summed E-state index contributed by atoms with van der Waals surface area (Å²) in [5.74, 6) is -3.88. The number of halogens is 9. The predicted octanol–water partition coefficient (Wildman–Crippen LogP) is 5.45. The van der Waals surface area contributed by atoms with Crippen molar-refractivity contribution < 1.29 is 39.5 Å². The van der Waals surface area contributed by atoms with Crippen LogP contribution in [0, 0.1) is 5.92 Å². The summed E-state index contributed by atoms with van der Waals surface area (Å²) in [6.07, 6.45) is -14.2. The van der Waals surface area contributed by atoms with Gasteiger partial charge in [-0.2, -0.15) is 26.3 Å². The summed E-state index contributed by atoms with van der Waals surface area (Å²) >= 11 is 0. The fraction of sp³-hybridized carbons (Fsp3) is 0.818. The summed E-state index contributed by atoms with van der Waals surface area (Å²) in [6.45, 7) is 2.65. The fourth-order valence-corrected chi connectivity index (χ4v) is 1.45. The highest BCUT2D eigenvalue weighted by Gasteiger charge is 2.57. The van der Waals surface area contributed by atoms with Crippen molar-refractivity contribution in [1.82, 2.24) is 0 Å². The normalized spacial score (nSPS) is 20.9. The zero-order valence-corrected chi connectivity index (χ0v) is 10.6. The van der Waals surface area contributed by atoms with Gasteiger partial charge in [-0.3, -0.25) is 0 Å². The molecule has 0 aromatic heterocycles. The molecule has 0 amide bonds. The second-order valence-corrected chi connectivity index (χ2v) is 4.94. The maximum Gasteiger partial charge on any atom is 0.422 e. The molecule has 0 aliphatic heterocycles. The van der Waals surface area contributed by atoms with E-state index in [2.05, 4.69) is 6.58 Å². The van der Waals surface area contributed by atoms with E-state index >= 15 is 0 Å². The average Bonchev–Trinajstić information content (AvgIpc) is 2.11. The summed E-state index contributed by atoms with van der Waals surface area (Å²) in [7, 11) is 0. The molecule has 0 rings (SSSR count). The highest BCUT2D eigenvalue weighted by Crippen LogP contribution is 2.45. The van der Waals surface area contributed by atoms with E-state index in [1.807, 2.05) is 0 Å². The minimum absolute atomic E-state index is 0.0477. The van der Waals surface area contributed by atoms with E-state index in [0.717, 1.165) is 0 Å². The molecule has 120 valence electrons. The number of alkyl halides is 8. The summed E-state index contributed by atoms with van der Waals surface area (Å²) in [5, 5.41) is 0. The largest absolute Gasteiger partial charge is 0.422 e. The molecule has 0 aromatic carbocycles. The molecule has 0 saturated carbocycles. The topological polar surface area (TPSA) is 0 Å². The lowest BCUT2D eigenvalue weighted by Gasteiger charge is -2.31. The quantitative estimate of drug-likeness (QED) is 0.592. The summed E-state index contributed by atoms with van der Waals surface area (Å²) < 4.78 is 113. The molecule has 0 aliphatic carbocycles. The van der Waals surface area contributed by atoms with Gasteiger partial charge in [-0.1, -0.05) is 6.58 Å². The molecule has 0 bridgehead atoms. The molecule has 2 atom stereocenters. The number of hydrogen-bond acceptors (Lipinski definition) is 0.